The van der Waals surface area contributed by atoms with Crippen molar-refractivity contribution in [2.45, 2.75) is 40.2 Å². The molecule has 3 rings (SSSR count). The van der Waals surface area contributed by atoms with Gasteiger partial charge >= 0.3 is 0 Å². The summed E-state index contributed by atoms with van der Waals surface area (Å²) in [5.74, 6) is 1.11. The molecule has 0 saturated heterocycles. The number of nitrogens with zero attached hydrogens (tertiary/aromatic N) is 4. The maximum Gasteiger partial charge on any atom is 0.262 e. The van der Waals surface area contributed by atoms with Gasteiger partial charge in [-0.3, -0.25) is 9.36 Å². The monoisotopic (exact) mass is 304 g/mol. The summed E-state index contributed by atoms with van der Waals surface area (Å²) in [5, 5.41) is 4.60. The highest BCUT2D eigenvalue weighted by atomic mass is 32.1. The molecular formula is C14H16N4O2S. The minimum Gasteiger partial charge on any atom is -0.339 e. The standard InChI is InChI=1S/C14H16N4O2S/c1-4-5-11-16-10(17-20-11)6-18-7-15-13-12(14(18)19)8(2)9(3)21-13/h7H,4-6H2,1-3H3. The molecule has 0 aromatic carbocycles. The van der Waals surface area contributed by atoms with Gasteiger partial charge in [0.05, 0.1) is 18.3 Å². The average Bonchev–Trinajstić information content (AvgIpc) is 3.00. The molecule has 0 aliphatic carbocycles. The number of thiophene rings is 1. The predicted molar refractivity (Wildman–Crippen MR) is 80.7 cm³/mol. The van der Waals surface area contributed by atoms with Crippen LogP contribution < -0.4 is 5.56 Å². The SMILES string of the molecule is CCCc1nc(Cn2cnc3sc(C)c(C)c3c2=O)no1. The van der Waals surface area contributed by atoms with Crippen LogP contribution in [0.2, 0.25) is 0 Å². The molecule has 0 saturated carbocycles. The van der Waals surface area contributed by atoms with E-state index in [4.69, 9.17) is 4.52 Å². The summed E-state index contributed by atoms with van der Waals surface area (Å²) in [6.07, 6.45) is 3.25. The Kier molecular flexibility index (Phi) is 3.59. The molecule has 0 spiro atoms. The zero-order valence-electron chi connectivity index (χ0n) is 12.2. The number of hydrogen-bond acceptors (Lipinski definition) is 6. The predicted octanol–water partition coefficient (Wildman–Crippen LogP) is 2.46. The third-order valence-electron chi connectivity index (χ3n) is 3.44. The van der Waals surface area contributed by atoms with E-state index in [9.17, 15) is 4.79 Å². The smallest absolute Gasteiger partial charge is 0.262 e. The van der Waals surface area contributed by atoms with Crippen molar-refractivity contribution in [3.63, 3.8) is 0 Å². The molecule has 3 aromatic heterocycles. The molecule has 0 bridgehead atoms. The van der Waals surface area contributed by atoms with Gasteiger partial charge in [-0.2, -0.15) is 4.98 Å². The minimum absolute atomic E-state index is 0.0521. The Bertz CT molecular complexity index is 846. The maximum atomic E-state index is 12.5. The van der Waals surface area contributed by atoms with Crippen LogP contribution in [0.5, 0.6) is 0 Å². The zero-order valence-corrected chi connectivity index (χ0v) is 13.0. The molecule has 0 atom stereocenters. The summed E-state index contributed by atoms with van der Waals surface area (Å²) in [5.41, 5.74) is 0.949. The summed E-state index contributed by atoms with van der Waals surface area (Å²) in [6.45, 7) is 6.29. The Balaban J connectivity index is 1.98. The van der Waals surface area contributed by atoms with Gasteiger partial charge in [-0.15, -0.1) is 11.3 Å². The fourth-order valence-electron chi connectivity index (χ4n) is 2.20. The van der Waals surface area contributed by atoms with Crippen LogP contribution in [0, 0.1) is 13.8 Å². The van der Waals surface area contributed by atoms with Gasteiger partial charge in [0.15, 0.2) is 5.82 Å². The molecule has 110 valence electrons. The van der Waals surface area contributed by atoms with E-state index in [1.165, 1.54) is 4.57 Å². The Morgan fingerprint density at radius 2 is 2.19 bits per heavy atom. The number of fused-ring (bicyclic) bond motifs is 1. The summed E-state index contributed by atoms with van der Waals surface area (Å²) in [6, 6.07) is 0. The lowest BCUT2D eigenvalue weighted by Crippen LogP contribution is -2.21. The number of aryl methyl sites for hydroxylation is 3. The molecular weight excluding hydrogens is 288 g/mol. The molecule has 3 aromatic rings. The van der Waals surface area contributed by atoms with Gasteiger partial charge in [-0.05, 0) is 25.8 Å². The highest BCUT2D eigenvalue weighted by molar-refractivity contribution is 7.18. The summed E-state index contributed by atoms with van der Waals surface area (Å²) < 4.78 is 6.67. The van der Waals surface area contributed by atoms with Crippen molar-refractivity contribution in [2.75, 3.05) is 0 Å². The van der Waals surface area contributed by atoms with Crippen LogP contribution in [0.15, 0.2) is 15.6 Å². The van der Waals surface area contributed by atoms with E-state index in [2.05, 4.69) is 15.1 Å². The Labute approximate surface area is 125 Å². The van der Waals surface area contributed by atoms with Crippen LogP contribution in [0.25, 0.3) is 10.2 Å². The molecule has 0 unspecified atom stereocenters. The van der Waals surface area contributed by atoms with E-state index >= 15 is 0 Å². The lowest BCUT2D eigenvalue weighted by atomic mass is 10.2. The molecule has 0 amide bonds. The van der Waals surface area contributed by atoms with Gasteiger partial charge < -0.3 is 4.52 Å². The number of hydrogen-bond donors (Lipinski definition) is 0. The van der Waals surface area contributed by atoms with E-state index < -0.39 is 0 Å². The van der Waals surface area contributed by atoms with Crippen molar-refractivity contribution in [3.8, 4) is 0 Å². The van der Waals surface area contributed by atoms with Gasteiger partial charge in [0.2, 0.25) is 5.89 Å². The van der Waals surface area contributed by atoms with Crippen LogP contribution >= 0.6 is 11.3 Å². The maximum absolute atomic E-state index is 12.5. The van der Waals surface area contributed by atoms with Crippen LogP contribution in [0.4, 0.5) is 0 Å². The van der Waals surface area contributed by atoms with Crippen LogP contribution in [-0.4, -0.2) is 19.7 Å². The third kappa shape index (κ3) is 2.49. The first-order chi connectivity index (χ1) is 10.1. The molecule has 6 nitrogen and oxygen atoms in total. The highest BCUT2D eigenvalue weighted by Gasteiger charge is 2.13. The van der Waals surface area contributed by atoms with E-state index in [1.54, 1.807) is 17.7 Å². The van der Waals surface area contributed by atoms with Crippen LogP contribution in [-0.2, 0) is 13.0 Å². The molecule has 0 fully saturated rings. The molecule has 0 aliphatic heterocycles. The Morgan fingerprint density at radius 1 is 1.38 bits per heavy atom. The molecule has 0 N–H and O–H groups in total. The van der Waals surface area contributed by atoms with Crippen molar-refractivity contribution in [3.05, 3.63) is 38.8 Å². The topological polar surface area (TPSA) is 73.8 Å². The van der Waals surface area contributed by atoms with Crippen molar-refractivity contribution in [1.82, 2.24) is 19.7 Å². The average molecular weight is 304 g/mol. The molecule has 21 heavy (non-hydrogen) atoms. The molecule has 3 heterocycles. The van der Waals surface area contributed by atoms with E-state index in [0.717, 1.165) is 28.1 Å². The first kappa shape index (κ1) is 13.9. The number of aromatic nitrogens is 4. The van der Waals surface area contributed by atoms with E-state index in [-0.39, 0.29) is 12.1 Å². The Hall–Kier alpha value is -2.02. The fraction of sp³-hybridized carbons (Fsp3) is 0.429. The lowest BCUT2D eigenvalue weighted by Gasteiger charge is -2.01. The van der Waals surface area contributed by atoms with Gasteiger partial charge in [0.25, 0.3) is 5.56 Å². The van der Waals surface area contributed by atoms with E-state index in [1.807, 2.05) is 20.8 Å². The second-order valence-corrected chi connectivity index (χ2v) is 6.20. The second kappa shape index (κ2) is 5.40. The lowest BCUT2D eigenvalue weighted by molar-refractivity contribution is 0.371. The highest BCUT2D eigenvalue weighted by Crippen LogP contribution is 2.25. The zero-order chi connectivity index (χ0) is 15.0. The van der Waals surface area contributed by atoms with Crippen molar-refractivity contribution >= 4 is 21.6 Å². The first-order valence-corrected chi connectivity index (χ1v) is 7.68. The largest absolute Gasteiger partial charge is 0.339 e. The molecule has 0 aliphatic rings. The minimum atomic E-state index is -0.0521. The van der Waals surface area contributed by atoms with Gasteiger partial charge in [0, 0.05) is 11.3 Å². The summed E-state index contributed by atoms with van der Waals surface area (Å²) in [4.78, 5) is 23.1. The van der Waals surface area contributed by atoms with Crippen LogP contribution in [0.1, 0.15) is 35.5 Å². The van der Waals surface area contributed by atoms with Crippen LogP contribution in [0.3, 0.4) is 0 Å². The fourth-order valence-corrected chi connectivity index (χ4v) is 3.19. The molecule has 7 heteroatoms. The van der Waals surface area contributed by atoms with Gasteiger partial charge in [-0.1, -0.05) is 12.1 Å². The second-order valence-electron chi connectivity index (χ2n) is 5.00. The number of rotatable bonds is 4. The summed E-state index contributed by atoms with van der Waals surface area (Å²) >= 11 is 1.54. The summed E-state index contributed by atoms with van der Waals surface area (Å²) in [7, 11) is 0. The quantitative estimate of drug-likeness (QED) is 0.740. The first-order valence-electron chi connectivity index (χ1n) is 6.86. The van der Waals surface area contributed by atoms with Gasteiger partial charge in [0.1, 0.15) is 4.83 Å². The van der Waals surface area contributed by atoms with Crippen molar-refractivity contribution < 1.29 is 4.52 Å². The normalized spacial score (nSPS) is 11.4. The Morgan fingerprint density at radius 3 is 2.95 bits per heavy atom. The van der Waals surface area contributed by atoms with Gasteiger partial charge in [-0.25, -0.2) is 4.98 Å². The van der Waals surface area contributed by atoms with E-state index in [0.29, 0.717) is 17.1 Å². The molecule has 0 radical (unpaired) electrons. The third-order valence-corrected chi connectivity index (χ3v) is 4.56. The van der Waals surface area contributed by atoms with Crippen molar-refractivity contribution in [2.24, 2.45) is 0 Å². The van der Waals surface area contributed by atoms with Crippen molar-refractivity contribution in [1.29, 1.82) is 0 Å².